The van der Waals surface area contributed by atoms with Crippen LogP contribution in [0.5, 0.6) is 5.75 Å². The monoisotopic (exact) mass is 291 g/mol. The van der Waals surface area contributed by atoms with Crippen molar-refractivity contribution in [3.05, 3.63) is 58.6 Å². The van der Waals surface area contributed by atoms with Gasteiger partial charge in [0.1, 0.15) is 5.75 Å². The van der Waals surface area contributed by atoms with E-state index in [1.807, 2.05) is 24.3 Å². The van der Waals surface area contributed by atoms with Gasteiger partial charge in [-0.25, -0.2) is 0 Å². The quantitative estimate of drug-likeness (QED) is 0.849. The van der Waals surface area contributed by atoms with Crippen molar-refractivity contribution < 1.29 is 9.84 Å². The van der Waals surface area contributed by atoms with E-state index in [-0.39, 0.29) is 5.75 Å². The van der Waals surface area contributed by atoms with Gasteiger partial charge >= 0.3 is 0 Å². The number of anilines is 1. The van der Waals surface area contributed by atoms with Crippen LogP contribution in [0.1, 0.15) is 11.1 Å². The van der Waals surface area contributed by atoms with E-state index in [1.165, 1.54) is 5.56 Å². The molecule has 0 heterocycles. The summed E-state index contributed by atoms with van der Waals surface area (Å²) >= 11 is 5.90. The van der Waals surface area contributed by atoms with Gasteiger partial charge in [0.05, 0.1) is 11.6 Å². The van der Waals surface area contributed by atoms with Gasteiger partial charge in [-0.15, -0.1) is 0 Å². The number of phenolic OH excluding ortho intramolecular Hbond substituents is 1. The fraction of sp³-hybridized carbons (Fsp3) is 0.250. The summed E-state index contributed by atoms with van der Waals surface area (Å²) in [7, 11) is 1.70. The molecule has 0 aliphatic rings. The first-order chi connectivity index (χ1) is 9.70. The standard InChI is InChI=1S/C16H18ClNO2/c1-20-9-8-13-4-2-3-5-15(13)18-11-12-6-7-16(19)14(17)10-12/h2-7,10,18-19H,8-9,11H2,1H3. The zero-order valence-corrected chi connectivity index (χ0v) is 12.2. The van der Waals surface area contributed by atoms with Crippen LogP contribution in [0, 0.1) is 0 Å². The van der Waals surface area contributed by atoms with Crippen LogP contribution in [-0.4, -0.2) is 18.8 Å². The summed E-state index contributed by atoms with van der Waals surface area (Å²) in [6.45, 7) is 1.35. The van der Waals surface area contributed by atoms with Crippen molar-refractivity contribution in [2.24, 2.45) is 0 Å². The lowest BCUT2D eigenvalue weighted by molar-refractivity contribution is 0.202. The third-order valence-electron chi connectivity index (χ3n) is 3.09. The van der Waals surface area contributed by atoms with Crippen LogP contribution in [0.2, 0.25) is 5.02 Å². The number of ether oxygens (including phenoxy) is 1. The molecule has 2 N–H and O–H groups in total. The minimum Gasteiger partial charge on any atom is -0.506 e. The second-order valence-corrected chi connectivity index (χ2v) is 4.95. The molecule has 0 fully saturated rings. The predicted octanol–water partition coefficient (Wildman–Crippen LogP) is 3.85. The molecule has 0 aliphatic carbocycles. The molecule has 2 aromatic rings. The van der Waals surface area contributed by atoms with E-state index in [1.54, 1.807) is 19.2 Å². The Morgan fingerprint density at radius 1 is 1.20 bits per heavy atom. The molecule has 0 saturated carbocycles. The molecule has 0 radical (unpaired) electrons. The van der Waals surface area contributed by atoms with Crippen molar-refractivity contribution in [1.82, 2.24) is 0 Å². The summed E-state index contributed by atoms with van der Waals surface area (Å²) in [5, 5.41) is 13.2. The maximum atomic E-state index is 9.40. The lowest BCUT2D eigenvalue weighted by Gasteiger charge is -2.12. The van der Waals surface area contributed by atoms with Gasteiger partial charge in [0.15, 0.2) is 0 Å². The van der Waals surface area contributed by atoms with Crippen LogP contribution in [0.15, 0.2) is 42.5 Å². The van der Waals surface area contributed by atoms with Gasteiger partial charge in [0, 0.05) is 19.3 Å². The largest absolute Gasteiger partial charge is 0.506 e. The molecule has 0 aromatic heterocycles. The highest BCUT2D eigenvalue weighted by Gasteiger charge is 2.03. The molecule has 0 bridgehead atoms. The van der Waals surface area contributed by atoms with Crippen LogP contribution < -0.4 is 5.32 Å². The van der Waals surface area contributed by atoms with E-state index in [9.17, 15) is 5.11 Å². The average Bonchev–Trinajstić information content (AvgIpc) is 2.47. The smallest absolute Gasteiger partial charge is 0.134 e. The Balaban J connectivity index is 2.04. The lowest BCUT2D eigenvalue weighted by Crippen LogP contribution is -2.04. The van der Waals surface area contributed by atoms with E-state index in [0.29, 0.717) is 18.2 Å². The van der Waals surface area contributed by atoms with Gasteiger partial charge in [-0.3, -0.25) is 0 Å². The molecule has 3 nitrogen and oxygen atoms in total. The molecule has 0 saturated heterocycles. The summed E-state index contributed by atoms with van der Waals surface area (Å²) in [4.78, 5) is 0. The number of methoxy groups -OCH3 is 1. The molecule has 20 heavy (non-hydrogen) atoms. The van der Waals surface area contributed by atoms with Crippen LogP contribution in [-0.2, 0) is 17.7 Å². The van der Waals surface area contributed by atoms with E-state index >= 15 is 0 Å². The van der Waals surface area contributed by atoms with Gasteiger partial charge in [0.25, 0.3) is 0 Å². The molecule has 0 spiro atoms. The molecule has 0 unspecified atom stereocenters. The lowest BCUT2D eigenvalue weighted by atomic mass is 10.1. The third kappa shape index (κ3) is 3.89. The number of rotatable bonds is 6. The van der Waals surface area contributed by atoms with E-state index < -0.39 is 0 Å². The van der Waals surface area contributed by atoms with Gasteiger partial charge in [0.2, 0.25) is 0 Å². The molecule has 0 aliphatic heterocycles. The number of hydrogen-bond donors (Lipinski definition) is 2. The van der Waals surface area contributed by atoms with Gasteiger partial charge in [-0.05, 0) is 35.7 Å². The maximum Gasteiger partial charge on any atom is 0.134 e. The third-order valence-corrected chi connectivity index (χ3v) is 3.39. The number of benzene rings is 2. The first kappa shape index (κ1) is 14.7. The van der Waals surface area contributed by atoms with Crippen molar-refractivity contribution >= 4 is 17.3 Å². The topological polar surface area (TPSA) is 41.5 Å². The first-order valence-corrected chi connectivity index (χ1v) is 6.86. The SMILES string of the molecule is COCCc1ccccc1NCc1ccc(O)c(Cl)c1. The fourth-order valence-corrected chi connectivity index (χ4v) is 2.18. The Hall–Kier alpha value is -1.71. The van der Waals surface area contributed by atoms with Crippen molar-refractivity contribution in [1.29, 1.82) is 0 Å². The van der Waals surface area contributed by atoms with Crippen LogP contribution in [0.3, 0.4) is 0 Å². The zero-order chi connectivity index (χ0) is 14.4. The normalized spacial score (nSPS) is 10.5. The zero-order valence-electron chi connectivity index (χ0n) is 11.4. The highest BCUT2D eigenvalue weighted by Crippen LogP contribution is 2.24. The molecular formula is C16H18ClNO2. The predicted molar refractivity (Wildman–Crippen MR) is 82.5 cm³/mol. The van der Waals surface area contributed by atoms with Crippen LogP contribution in [0.4, 0.5) is 5.69 Å². The Morgan fingerprint density at radius 2 is 2.00 bits per heavy atom. The number of aromatic hydroxyl groups is 1. The first-order valence-electron chi connectivity index (χ1n) is 6.49. The van der Waals surface area contributed by atoms with Crippen LogP contribution in [0.25, 0.3) is 0 Å². The molecule has 2 rings (SSSR count). The maximum absolute atomic E-state index is 9.40. The molecule has 106 valence electrons. The molecular weight excluding hydrogens is 274 g/mol. The highest BCUT2D eigenvalue weighted by atomic mass is 35.5. The second kappa shape index (κ2) is 7.17. The number of nitrogens with one attached hydrogen (secondary N) is 1. The van der Waals surface area contributed by atoms with Crippen molar-refractivity contribution in [3.63, 3.8) is 0 Å². The number of hydrogen-bond acceptors (Lipinski definition) is 3. The Morgan fingerprint density at radius 3 is 2.75 bits per heavy atom. The van der Waals surface area contributed by atoms with Crippen LogP contribution >= 0.6 is 11.6 Å². The molecule has 2 aromatic carbocycles. The number of halogens is 1. The highest BCUT2D eigenvalue weighted by molar-refractivity contribution is 6.32. The molecule has 0 atom stereocenters. The van der Waals surface area contributed by atoms with Gasteiger partial charge in [-0.1, -0.05) is 35.9 Å². The Labute approximate surface area is 124 Å². The average molecular weight is 292 g/mol. The number of phenols is 1. The van der Waals surface area contributed by atoms with E-state index in [4.69, 9.17) is 16.3 Å². The summed E-state index contributed by atoms with van der Waals surface area (Å²) < 4.78 is 5.12. The van der Waals surface area contributed by atoms with Crippen molar-refractivity contribution in [3.8, 4) is 5.75 Å². The summed E-state index contributed by atoms with van der Waals surface area (Å²) in [5.41, 5.74) is 3.34. The fourth-order valence-electron chi connectivity index (χ4n) is 1.98. The van der Waals surface area contributed by atoms with Gasteiger partial charge < -0.3 is 15.2 Å². The van der Waals surface area contributed by atoms with Gasteiger partial charge in [-0.2, -0.15) is 0 Å². The summed E-state index contributed by atoms with van der Waals surface area (Å²) in [6, 6.07) is 13.4. The van der Waals surface area contributed by atoms with E-state index in [2.05, 4.69) is 11.4 Å². The summed E-state index contributed by atoms with van der Waals surface area (Å²) in [5.74, 6) is 0.107. The number of para-hydroxylation sites is 1. The minimum atomic E-state index is 0.107. The van der Waals surface area contributed by atoms with E-state index in [0.717, 1.165) is 17.7 Å². The Kier molecular flexibility index (Phi) is 5.27. The second-order valence-electron chi connectivity index (χ2n) is 4.54. The van der Waals surface area contributed by atoms with Crippen molar-refractivity contribution in [2.45, 2.75) is 13.0 Å². The molecule has 4 heteroatoms. The Bertz CT molecular complexity index is 572. The minimum absolute atomic E-state index is 0.107. The summed E-state index contributed by atoms with van der Waals surface area (Å²) in [6.07, 6.45) is 0.871. The molecule has 0 amide bonds. The van der Waals surface area contributed by atoms with Crippen molar-refractivity contribution in [2.75, 3.05) is 19.0 Å².